The molecular weight excluding hydrogens is 370 g/mol. The maximum absolute atomic E-state index is 12.5. The minimum absolute atomic E-state index is 0.150. The lowest BCUT2D eigenvalue weighted by molar-refractivity contribution is 0.0502. The normalized spacial score (nSPS) is 13.1. The number of carbonyl (C=O) groups excluding carboxylic acids is 2. The molecule has 1 heterocycles. The van der Waals surface area contributed by atoms with Crippen molar-refractivity contribution in [2.24, 2.45) is 0 Å². The fourth-order valence-corrected chi connectivity index (χ4v) is 4.55. The van der Waals surface area contributed by atoms with Gasteiger partial charge in [-0.05, 0) is 53.0 Å². The van der Waals surface area contributed by atoms with Gasteiger partial charge in [0, 0.05) is 10.9 Å². The minimum Gasteiger partial charge on any atom is -0.460 e. The Labute approximate surface area is 168 Å². The number of nitrogens with one attached hydrogen (secondary N) is 1. The fraction of sp³-hybridized carbons (Fsp3) is 0.217. The molecule has 28 heavy (non-hydrogen) atoms. The van der Waals surface area contributed by atoms with Crippen LogP contribution in [0.1, 0.15) is 43.3 Å². The number of thiophene rings is 1. The molecule has 3 aromatic rings. The SMILES string of the molecule is O=C(NCCOC(=O)c1cscc1C1Cc2ccccc2C1)c1ccccc1. The van der Waals surface area contributed by atoms with Crippen molar-refractivity contribution in [1.82, 2.24) is 5.32 Å². The van der Waals surface area contributed by atoms with Crippen molar-refractivity contribution in [3.63, 3.8) is 0 Å². The highest BCUT2D eigenvalue weighted by Gasteiger charge is 2.27. The molecule has 0 saturated carbocycles. The molecule has 5 heteroatoms. The van der Waals surface area contributed by atoms with Crippen LogP contribution in [-0.2, 0) is 17.6 Å². The van der Waals surface area contributed by atoms with Crippen LogP contribution in [0.25, 0.3) is 0 Å². The van der Waals surface area contributed by atoms with Crippen molar-refractivity contribution in [3.05, 3.63) is 93.2 Å². The lowest BCUT2D eigenvalue weighted by Crippen LogP contribution is -2.28. The number of hydrogen-bond donors (Lipinski definition) is 1. The Morgan fingerprint density at radius 3 is 2.36 bits per heavy atom. The van der Waals surface area contributed by atoms with Crippen molar-refractivity contribution in [3.8, 4) is 0 Å². The second-order valence-corrected chi connectivity index (χ2v) is 7.62. The summed E-state index contributed by atoms with van der Waals surface area (Å²) in [6, 6.07) is 17.4. The topological polar surface area (TPSA) is 55.4 Å². The van der Waals surface area contributed by atoms with Gasteiger partial charge in [0.15, 0.2) is 0 Å². The predicted molar refractivity (Wildman–Crippen MR) is 110 cm³/mol. The third kappa shape index (κ3) is 3.99. The standard InChI is InChI=1S/C23H21NO3S/c25-22(16-6-2-1-3-7-16)24-10-11-27-23(26)21-15-28-14-20(21)19-12-17-8-4-5-9-18(17)13-19/h1-9,14-15,19H,10-13H2,(H,24,25). The Bertz CT molecular complexity index is 955. The third-order valence-electron chi connectivity index (χ3n) is 5.06. The second kappa shape index (κ2) is 8.40. The molecule has 0 spiro atoms. The first-order chi connectivity index (χ1) is 13.7. The van der Waals surface area contributed by atoms with Gasteiger partial charge in [-0.1, -0.05) is 42.5 Å². The third-order valence-corrected chi connectivity index (χ3v) is 5.82. The molecule has 1 N–H and O–H groups in total. The maximum atomic E-state index is 12.5. The molecule has 1 aliphatic rings. The zero-order chi connectivity index (χ0) is 19.3. The summed E-state index contributed by atoms with van der Waals surface area (Å²) in [5.74, 6) is -0.165. The first kappa shape index (κ1) is 18.4. The van der Waals surface area contributed by atoms with Crippen molar-refractivity contribution >= 4 is 23.2 Å². The van der Waals surface area contributed by atoms with E-state index in [1.54, 1.807) is 12.1 Å². The molecule has 1 aliphatic carbocycles. The summed E-state index contributed by atoms with van der Waals surface area (Å²) in [7, 11) is 0. The molecule has 0 atom stereocenters. The fourth-order valence-electron chi connectivity index (χ4n) is 3.65. The van der Waals surface area contributed by atoms with Gasteiger partial charge in [-0.3, -0.25) is 4.79 Å². The van der Waals surface area contributed by atoms with Crippen LogP contribution in [0, 0.1) is 0 Å². The van der Waals surface area contributed by atoms with Gasteiger partial charge in [0.2, 0.25) is 0 Å². The van der Waals surface area contributed by atoms with Gasteiger partial charge in [-0.25, -0.2) is 4.79 Å². The van der Waals surface area contributed by atoms with E-state index in [1.165, 1.54) is 22.5 Å². The smallest absolute Gasteiger partial charge is 0.339 e. The predicted octanol–water partition coefficient (Wildman–Crippen LogP) is 4.22. The van der Waals surface area contributed by atoms with Gasteiger partial charge in [-0.2, -0.15) is 11.3 Å². The van der Waals surface area contributed by atoms with Gasteiger partial charge in [0.25, 0.3) is 5.91 Å². The van der Waals surface area contributed by atoms with Gasteiger partial charge in [0.05, 0.1) is 12.1 Å². The largest absolute Gasteiger partial charge is 0.460 e. The molecule has 0 bridgehead atoms. The van der Waals surface area contributed by atoms with Crippen LogP contribution in [0.15, 0.2) is 65.4 Å². The highest BCUT2D eigenvalue weighted by Crippen LogP contribution is 2.36. The summed E-state index contributed by atoms with van der Waals surface area (Å²) < 4.78 is 5.40. The monoisotopic (exact) mass is 391 g/mol. The van der Waals surface area contributed by atoms with Crippen LogP contribution >= 0.6 is 11.3 Å². The summed E-state index contributed by atoms with van der Waals surface area (Å²) in [5.41, 5.74) is 5.04. The maximum Gasteiger partial charge on any atom is 0.339 e. The average molecular weight is 391 g/mol. The van der Waals surface area contributed by atoms with E-state index >= 15 is 0 Å². The number of benzene rings is 2. The molecular formula is C23H21NO3S. The molecule has 0 radical (unpaired) electrons. The molecule has 0 saturated heterocycles. The zero-order valence-electron chi connectivity index (χ0n) is 15.4. The summed E-state index contributed by atoms with van der Waals surface area (Å²) in [5, 5.41) is 6.69. The number of carbonyl (C=O) groups is 2. The quantitative estimate of drug-likeness (QED) is 0.506. The van der Waals surface area contributed by atoms with E-state index in [0.717, 1.165) is 18.4 Å². The Hall–Kier alpha value is -2.92. The summed E-state index contributed by atoms with van der Waals surface area (Å²) in [6.07, 6.45) is 1.92. The highest BCUT2D eigenvalue weighted by molar-refractivity contribution is 7.08. The van der Waals surface area contributed by atoms with Crippen LogP contribution in [0.3, 0.4) is 0 Å². The van der Waals surface area contributed by atoms with Crippen LogP contribution in [-0.4, -0.2) is 25.0 Å². The van der Waals surface area contributed by atoms with E-state index in [-0.39, 0.29) is 25.0 Å². The van der Waals surface area contributed by atoms with Gasteiger partial charge in [-0.15, -0.1) is 0 Å². The number of amides is 1. The van der Waals surface area contributed by atoms with Crippen LogP contribution in [0.5, 0.6) is 0 Å². The zero-order valence-corrected chi connectivity index (χ0v) is 16.2. The Balaban J connectivity index is 1.31. The summed E-state index contributed by atoms with van der Waals surface area (Å²) in [4.78, 5) is 24.5. The lowest BCUT2D eigenvalue weighted by Gasteiger charge is -2.11. The molecule has 1 aromatic heterocycles. The molecule has 0 unspecified atom stereocenters. The van der Waals surface area contributed by atoms with Crippen molar-refractivity contribution < 1.29 is 14.3 Å². The van der Waals surface area contributed by atoms with E-state index in [9.17, 15) is 9.59 Å². The van der Waals surface area contributed by atoms with Crippen LogP contribution < -0.4 is 5.32 Å². The number of esters is 1. The Morgan fingerprint density at radius 1 is 0.964 bits per heavy atom. The van der Waals surface area contributed by atoms with Gasteiger partial charge < -0.3 is 10.1 Å². The molecule has 4 nitrogen and oxygen atoms in total. The first-order valence-corrected chi connectivity index (χ1v) is 10.3. The first-order valence-electron chi connectivity index (χ1n) is 9.35. The number of hydrogen-bond acceptors (Lipinski definition) is 4. The van der Waals surface area contributed by atoms with Gasteiger partial charge >= 0.3 is 5.97 Å². The number of ether oxygens (including phenoxy) is 1. The molecule has 0 fully saturated rings. The Kier molecular flexibility index (Phi) is 5.53. The van der Waals surface area contributed by atoms with Crippen molar-refractivity contribution in [2.45, 2.75) is 18.8 Å². The molecule has 0 aliphatic heterocycles. The highest BCUT2D eigenvalue weighted by atomic mass is 32.1. The summed E-state index contributed by atoms with van der Waals surface area (Å²) >= 11 is 1.53. The van der Waals surface area contributed by atoms with Crippen LogP contribution in [0.4, 0.5) is 0 Å². The van der Waals surface area contributed by atoms with Gasteiger partial charge in [0.1, 0.15) is 6.61 Å². The van der Waals surface area contributed by atoms with E-state index in [1.807, 2.05) is 23.6 Å². The van der Waals surface area contributed by atoms with E-state index in [2.05, 4.69) is 35.0 Å². The van der Waals surface area contributed by atoms with Crippen LogP contribution in [0.2, 0.25) is 0 Å². The van der Waals surface area contributed by atoms with E-state index in [0.29, 0.717) is 17.0 Å². The second-order valence-electron chi connectivity index (χ2n) is 6.87. The number of rotatable bonds is 6. The average Bonchev–Trinajstić information content (AvgIpc) is 3.38. The van der Waals surface area contributed by atoms with E-state index < -0.39 is 0 Å². The summed E-state index contributed by atoms with van der Waals surface area (Å²) in [6.45, 7) is 0.436. The lowest BCUT2D eigenvalue weighted by atomic mass is 9.95. The molecule has 4 rings (SSSR count). The number of fused-ring (bicyclic) bond motifs is 1. The molecule has 2 aromatic carbocycles. The molecule has 142 valence electrons. The minimum atomic E-state index is -0.318. The van der Waals surface area contributed by atoms with E-state index in [4.69, 9.17) is 4.74 Å². The van der Waals surface area contributed by atoms with Crippen molar-refractivity contribution in [1.29, 1.82) is 0 Å². The Morgan fingerprint density at radius 2 is 1.64 bits per heavy atom. The van der Waals surface area contributed by atoms with Crippen molar-refractivity contribution in [2.75, 3.05) is 13.2 Å². The molecule has 1 amide bonds.